The largest absolute Gasteiger partial charge is 0.327 e. The maximum Gasteiger partial charge on any atom is 0.229 e. The summed E-state index contributed by atoms with van der Waals surface area (Å²) in [6.07, 6.45) is 15.8. The van der Waals surface area contributed by atoms with Gasteiger partial charge in [-0.1, -0.05) is 99.2 Å². The van der Waals surface area contributed by atoms with Crippen LogP contribution in [0.2, 0.25) is 0 Å². The van der Waals surface area contributed by atoms with Crippen LogP contribution in [0.25, 0.3) is 16.3 Å². The van der Waals surface area contributed by atoms with Crippen molar-refractivity contribution in [2.75, 3.05) is 11.9 Å². The van der Waals surface area contributed by atoms with Crippen molar-refractivity contribution in [2.24, 2.45) is 11.7 Å². The van der Waals surface area contributed by atoms with Crippen LogP contribution >= 0.6 is 0 Å². The van der Waals surface area contributed by atoms with Crippen molar-refractivity contribution >= 4 is 28.1 Å². The summed E-state index contributed by atoms with van der Waals surface area (Å²) in [7, 11) is 0. The zero-order chi connectivity index (χ0) is 26.3. The minimum Gasteiger partial charge on any atom is -0.327 e. The lowest BCUT2D eigenvalue weighted by Crippen LogP contribution is -2.20. The van der Waals surface area contributed by atoms with Crippen LogP contribution < -0.4 is 11.1 Å². The Kier molecular flexibility index (Phi) is 8.65. The van der Waals surface area contributed by atoms with E-state index in [0.29, 0.717) is 18.8 Å². The van der Waals surface area contributed by atoms with E-state index < -0.39 is 0 Å². The molecule has 2 aliphatic rings. The second kappa shape index (κ2) is 12.5. The molecule has 1 heterocycles. The maximum absolute atomic E-state index is 13.2. The number of benzene rings is 2. The zero-order valence-electron chi connectivity index (χ0n) is 22.6. The molecule has 0 radical (unpaired) electrons. The summed E-state index contributed by atoms with van der Waals surface area (Å²) in [5, 5.41) is 5.49. The van der Waals surface area contributed by atoms with Gasteiger partial charge in [-0.15, -0.1) is 0 Å². The zero-order valence-corrected chi connectivity index (χ0v) is 22.6. The van der Waals surface area contributed by atoms with Gasteiger partial charge in [0, 0.05) is 12.1 Å². The van der Waals surface area contributed by atoms with E-state index in [-0.39, 0.29) is 5.91 Å². The van der Waals surface area contributed by atoms with Crippen LogP contribution in [0.3, 0.4) is 0 Å². The second-order valence-corrected chi connectivity index (χ2v) is 10.8. The topological polar surface area (TPSA) is 80.9 Å². The highest BCUT2D eigenvalue weighted by atomic mass is 16.1. The fourth-order valence-corrected chi connectivity index (χ4v) is 6.02. The van der Waals surface area contributed by atoms with E-state index >= 15 is 0 Å². The number of aromatic nitrogens is 2. The molecule has 2 aromatic carbocycles. The second-order valence-electron chi connectivity index (χ2n) is 10.8. The summed E-state index contributed by atoms with van der Waals surface area (Å²) < 4.78 is 0. The number of nitrogens with two attached hydrogens (primary N) is 1. The van der Waals surface area contributed by atoms with Gasteiger partial charge in [0.2, 0.25) is 5.91 Å². The SMILES string of the molecule is CCC1=C(/C=C\CN)c2nc(CCC3CCCCC3)c(NC(=O)Cc3ccc4ccccc4c3)nc2CC1. The molecule has 0 atom stereocenters. The highest BCUT2D eigenvalue weighted by molar-refractivity contribution is 5.93. The summed E-state index contributed by atoms with van der Waals surface area (Å²) in [4.78, 5) is 23.5. The van der Waals surface area contributed by atoms with E-state index in [9.17, 15) is 4.79 Å². The monoisotopic (exact) mass is 508 g/mol. The third-order valence-corrected chi connectivity index (χ3v) is 8.14. The number of hydrogen-bond donors (Lipinski definition) is 2. The van der Waals surface area contributed by atoms with E-state index in [1.165, 1.54) is 48.6 Å². The molecule has 0 saturated heterocycles. The molecule has 0 bridgehead atoms. The first kappa shape index (κ1) is 26.3. The van der Waals surface area contributed by atoms with Crippen molar-refractivity contribution < 1.29 is 4.79 Å². The molecule has 5 nitrogen and oxygen atoms in total. The van der Waals surface area contributed by atoms with E-state index in [2.05, 4.69) is 42.6 Å². The summed E-state index contributed by atoms with van der Waals surface area (Å²) in [5.74, 6) is 1.34. The molecule has 0 spiro atoms. The van der Waals surface area contributed by atoms with Crippen LogP contribution in [0.1, 0.15) is 80.9 Å². The maximum atomic E-state index is 13.2. The number of rotatable bonds is 9. The highest BCUT2D eigenvalue weighted by Gasteiger charge is 2.24. The average Bonchev–Trinajstić information content (AvgIpc) is 2.95. The Labute approximate surface area is 226 Å². The van der Waals surface area contributed by atoms with Gasteiger partial charge in [-0.3, -0.25) is 4.79 Å². The normalized spacial score (nSPS) is 16.3. The number of anilines is 1. The first-order valence-electron chi connectivity index (χ1n) is 14.4. The number of aryl methyl sites for hydroxylation is 2. The van der Waals surface area contributed by atoms with Gasteiger partial charge in [-0.05, 0) is 54.4 Å². The molecule has 0 unspecified atom stereocenters. The van der Waals surface area contributed by atoms with Crippen LogP contribution in [-0.4, -0.2) is 22.4 Å². The highest BCUT2D eigenvalue weighted by Crippen LogP contribution is 2.34. The van der Waals surface area contributed by atoms with Crippen LogP contribution in [-0.2, 0) is 24.1 Å². The Morgan fingerprint density at radius 1 is 1.05 bits per heavy atom. The van der Waals surface area contributed by atoms with Crippen molar-refractivity contribution in [1.82, 2.24) is 9.97 Å². The predicted molar refractivity (Wildman–Crippen MR) is 157 cm³/mol. The molecular weight excluding hydrogens is 468 g/mol. The third-order valence-electron chi connectivity index (χ3n) is 8.14. The Morgan fingerprint density at radius 3 is 2.66 bits per heavy atom. The molecule has 1 fully saturated rings. The Bertz CT molecular complexity index is 1350. The average molecular weight is 509 g/mol. The molecule has 0 aliphatic heterocycles. The fourth-order valence-electron chi connectivity index (χ4n) is 6.02. The molecule has 1 aromatic heterocycles. The van der Waals surface area contributed by atoms with Crippen LogP contribution in [0.4, 0.5) is 5.82 Å². The van der Waals surface area contributed by atoms with E-state index in [4.69, 9.17) is 15.7 Å². The molecule has 198 valence electrons. The Hall–Kier alpha value is -3.31. The van der Waals surface area contributed by atoms with Gasteiger partial charge in [-0.25, -0.2) is 9.97 Å². The number of nitrogens with zero attached hydrogens (tertiary/aromatic N) is 2. The summed E-state index contributed by atoms with van der Waals surface area (Å²) in [6, 6.07) is 14.5. The third kappa shape index (κ3) is 6.21. The molecule has 1 saturated carbocycles. The minimum atomic E-state index is -0.0442. The van der Waals surface area contributed by atoms with Crippen molar-refractivity contribution in [3.63, 3.8) is 0 Å². The molecule has 1 amide bonds. The van der Waals surface area contributed by atoms with Crippen LogP contribution in [0.15, 0.2) is 60.2 Å². The van der Waals surface area contributed by atoms with Gasteiger partial charge in [-0.2, -0.15) is 0 Å². The Balaban J connectivity index is 1.42. The lowest BCUT2D eigenvalue weighted by Gasteiger charge is -2.24. The molecule has 3 aromatic rings. The molecule has 2 aliphatic carbocycles. The summed E-state index contributed by atoms with van der Waals surface area (Å²) in [5.41, 5.74) is 12.2. The van der Waals surface area contributed by atoms with Gasteiger partial charge < -0.3 is 11.1 Å². The van der Waals surface area contributed by atoms with Crippen molar-refractivity contribution in [2.45, 2.75) is 77.6 Å². The molecule has 5 rings (SSSR count). The molecular formula is C33H40N4O. The molecule has 38 heavy (non-hydrogen) atoms. The smallest absolute Gasteiger partial charge is 0.229 e. The fraction of sp³-hybridized carbons (Fsp3) is 0.424. The number of amides is 1. The van der Waals surface area contributed by atoms with Crippen molar-refractivity contribution in [3.8, 4) is 0 Å². The van der Waals surface area contributed by atoms with Gasteiger partial charge in [0.25, 0.3) is 0 Å². The van der Waals surface area contributed by atoms with Gasteiger partial charge in [0.15, 0.2) is 5.82 Å². The van der Waals surface area contributed by atoms with Crippen LogP contribution in [0.5, 0.6) is 0 Å². The quantitative estimate of drug-likeness (QED) is 0.328. The summed E-state index contributed by atoms with van der Waals surface area (Å²) in [6.45, 7) is 2.70. The number of carbonyl (C=O) groups excluding carboxylic acids is 1. The number of allylic oxidation sites excluding steroid dienone is 3. The van der Waals surface area contributed by atoms with Crippen molar-refractivity contribution in [3.05, 3.63) is 82.8 Å². The van der Waals surface area contributed by atoms with E-state index in [1.807, 2.05) is 24.3 Å². The van der Waals surface area contributed by atoms with E-state index in [0.717, 1.165) is 66.1 Å². The number of carbonyl (C=O) groups is 1. The number of fused-ring (bicyclic) bond motifs is 2. The van der Waals surface area contributed by atoms with Gasteiger partial charge >= 0.3 is 0 Å². The summed E-state index contributed by atoms with van der Waals surface area (Å²) >= 11 is 0. The first-order valence-corrected chi connectivity index (χ1v) is 14.4. The van der Waals surface area contributed by atoms with Gasteiger partial charge in [0.1, 0.15) is 0 Å². The first-order chi connectivity index (χ1) is 18.6. The van der Waals surface area contributed by atoms with Crippen molar-refractivity contribution in [1.29, 1.82) is 0 Å². The van der Waals surface area contributed by atoms with E-state index in [1.54, 1.807) is 0 Å². The Morgan fingerprint density at radius 2 is 1.87 bits per heavy atom. The standard InChI is InChI=1S/C33H40N4O/c1-2-25-17-19-29-32(28(25)13-8-20-34)35-30(18-15-23-9-4-3-5-10-23)33(36-29)37-31(38)22-24-14-16-26-11-6-7-12-27(26)21-24/h6-8,11-14,16,21,23H,2-5,9-10,15,17-20,22,34H2,1H3,(H,36,37,38)/b13-8-. The molecule has 3 N–H and O–H groups in total. The number of nitrogens with one attached hydrogen (secondary N) is 1. The predicted octanol–water partition coefficient (Wildman–Crippen LogP) is 6.95. The molecule has 5 heteroatoms. The van der Waals surface area contributed by atoms with Crippen LogP contribution in [0, 0.1) is 5.92 Å². The lowest BCUT2D eigenvalue weighted by atomic mass is 9.85. The number of hydrogen-bond acceptors (Lipinski definition) is 4. The minimum absolute atomic E-state index is 0.0442. The van der Waals surface area contributed by atoms with Gasteiger partial charge in [0.05, 0.1) is 23.5 Å². The lowest BCUT2D eigenvalue weighted by molar-refractivity contribution is -0.115.